The lowest BCUT2D eigenvalue weighted by molar-refractivity contribution is 0.0733. The van der Waals surface area contributed by atoms with E-state index in [4.69, 9.17) is 9.72 Å². The Bertz CT molecular complexity index is 1400. The van der Waals surface area contributed by atoms with E-state index < -0.39 is 17.0 Å². The third kappa shape index (κ3) is 6.30. The van der Waals surface area contributed by atoms with Gasteiger partial charge in [0.2, 0.25) is 0 Å². The SMILES string of the molecule is CCCc1nc(C(C)(C)O)c(C)n1Cc1ccc(-c2ccccc2[S+]([O-])N=C2NC(C)=C2C)c(COCC)c1. The van der Waals surface area contributed by atoms with E-state index in [2.05, 4.69) is 39.4 Å². The molecular formula is C31H40N4O3S. The van der Waals surface area contributed by atoms with Gasteiger partial charge in [-0.1, -0.05) is 37.3 Å². The summed E-state index contributed by atoms with van der Waals surface area (Å²) in [5, 5.41) is 13.8. The van der Waals surface area contributed by atoms with Crippen LogP contribution in [0.4, 0.5) is 0 Å². The molecule has 1 aliphatic heterocycles. The molecule has 0 spiro atoms. The van der Waals surface area contributed by atoms with Crippen LogP contribution in [0, 0.1) is 6.92 Å². The number of ether oxygens (including phenoxy) is 1. The topological polar surface area (TPSA) is 94.7 Å². The highest BCUT2D eigenvalue weighted by molar-refractivity contribution is 7.90. The molecule has 0 amide bonds. The number of allylic oxidation sites excluding steroid dienone is 1. The first-order valence-corrected chi connectivity index (χ1v) is 14.7. The molecule has 1 unspecified atom stereocenters. The Morgan fingerprint density at radius 3 is 2.49 bits per heavy atom. The number of aromatic nitrogens is 2. The van der Waals surface area contributed by atoms with Crippen LogP contribution in [0.3, 0.4) is 0 Å². The van der Waals surface area contributed by atoms with E-state index in [1.54, 1.807) is 13.8 Å². The molecule has 0 aliphatic carbocycles. The van der Waals surface area contributed by atoms with Crippen LogP contribution >= 0.6 is 0 Å². The first-order chi connectivity index (χ1) is 18.5. The van der Waals surface area contributed by atoms with Gasteiger partial charge in [0.1, 0.15) is 22.8 Å². The fourth-order valence-corrected chi connectivity index (χ4v) is 5.87. The summed E-state index contributed by atoms with van der Waals surface area (Å²) in [7, 11) is 0. The fraction of sp³-hybridized carbons (Fsp3) is 0.419. The number of aliphatic hydroxyl groups is 1. The lowest BCUT2D eigenvalue weighted by atomic mass is 9.97. The highest BCUT2D eigenvalue weighted by Crippen LogP contribution is 2.33. The number of nitrogens with zero attached hydrogens (tertiary/aromatic N) is 3. The molecule has 8 heteroatoms. The summed E-state index contributed by atoms with van der Waals surface area (Å²) in [5.41, 5.74) is 6.78. The Balaban J connectivity index is 1.73. The number of nitrogens with one attached hydrogen (secondary N) is 1. The Hall–Kier alpha value is -2.91. The molecule has 7 nitrogen and oxygen atoms in total. The highest BCUT2D eigenvalue weighted by atomic mass is 32.2. The molecule has 3 aromatic rings. The van der Waals surface area contributed by atoms with Gasteiger partial charge in [-0.3, -0.25) is 0 Å². The maximum atomic E-state index is 13.3. The van der Waals surface area contributed by atoms with Crippen molar-refractivity contribution >= 4 is 17.2 Å². The van der Waals surface area contributed by atoms with E-state index in [1.165, 1.54) is 0 Å². The van der Waals surface area contributed by atoms with Crippen LogP contribution in [0.15, 0.2) is 63.0 Å². The fourth-order valence-electron chi connectivity index (χ4n) is 4.86. The van der Waals surface area contributed by atoms with Crippen LogP contribution in [0.5, 0.6) is 0 Å². The molecule has 2 N–H and O–H groups in total. The van der Waals surface area contributed by atoms with Crippen molar-refractivity contribution in [3.05, 3.63) is 82.1 Å². The zero-order valence-corrected chi connectivity index (χ0v) is 24.9. The Morgan fingerprint density at radius 1 is 1.10 bits per heavy atom. The van der Waals surface area contributed by atoms with Crippen molar-refractivity contribution in [3.8, 4) is 11.1 Å². The first-order valence-electron chi connectivity index (χ1n) is 13.6. The molecule has 2 aromatic carbocycles. The van der Waals surface area contributed by atoms with Gasteiger partial charge in [0.15, 0.2) is 10.7 Å². The predicted molar refractivity (Wildman–Crippen MR) is 158 cm³/mol. The second kappa shape index (κ2) is 12.1. The van der Waals surface area contributed by atoms with Crippen molar-refractivity contribution in [1.82, 2.24) is 14.9 Å². The number of hydrogen-bond acceptors (Lipinski definition) is 5. The van der Waals surface area contributed by atoms with Crippen molar-refractivity contribution in [2.24, 2.45) is 4.40 Å². The molecule has 0 bridgehead atoms. The van der Waals surface area contributed by atoms with E-state index in [0.29, 0.717) is 30.5 Å². The molecular weight excluding hydrogens is 508 g/mol. The van der Waals surface area contributed by atoms with Gasteiger partial charge in [-0.05, 0) is 81.2 Å². The van der Waals surface area contributed by atoms with Crippen LogP contribution in [0.1, 0.15) is 76.3 Å². The molecule has 39 heavy (non-hydrogen) atoms. The second-order valence-corrected chi connectivity index (χ2v) is 11.7. The summed E-state index contributed by atoms with van der Waals surface area (Å²) in [4.78, 5) is 5.48. The van der Waals surface area contributed by atoms with Crippen molar-refractivity contribution in [3.63, 3.8) is 0 Å². The second-order valence-electron chi connectivity index (χ2n) is 10.5. The lowest BCUT2D eigenvalue weighted by Gasteiger charge is -2.22. The maximum absolute atomic E-state index is 13.3. The largest absolute Gasteiger partial charge is 0.586 e. The van der Waals surface area contributed by atoms with E-state index in [9.17, 15) is 9.66 Å². The summed E-state index contributed by atoms with van der Waals surface area (Å²) in [6.07, 6.45) is 1.81. The Labute approximate surface area is 235 Å². The van der Waals surface area contributed by atoms with E-state index in [1.807, 2.05) is 52.0 Å². The monoisotopic (exact) mass is 548 g/mol. The minimum absolute atomic E-state index is 0.442. The zero-order valence-electron chi connectivity index (χ0n) is 24.1. The van der Waals surface area contributed by atoms with Crippen LogP contribution in [0.25, 0.3) is 11.1 Å². The molecule has 1 atom stereocenters. The van der Waals surface area contributed by atoms with Crippen molar-refractivity contribution in [1.29, 1.82) is 0 Å². The van der Waals surface area contributed by atoms with Crippen molar-refractivity contribution in [2.75, 3.05) is 6.61 Å². The van der Waals surface area contributed by atoms with Crippen LogP contribution in [-0.2, 0) is 41.3 Å². The highest BCUT2D eigenvalue weighted by Gasteiger charge is 2.27. The van der Waals surface area contributed by atoms with Gasteiger partial charge in [0.05, 0.1) is 12.3 Å². The molecule has 0 saturated carbocycles. The number of rotatable bonds is 11. The number of amidine groups is 1. The molecule has 0 saturated heterocycles. The van der Waals surface area contributed by atoms with Gasteiger partial charge in [0, 0.05) is 42.1 Å². The normalized spacial score (nSPS) is 15.5. The van der Waals surface area contributed by atoms with Crippen LogP contribution < -0.4 is 5.32 Å². The lowest BCUT2D eigenvalue weighted by Crippen LogP contribution is -2.35. The first kappa shape index (κ1) is 29.1. The van der Waals surface area contributed by atoms with Gasteiger partial charge < -0.3 is 24.3 Å². The summed E-state index contributed by atoms with van der Waals surface area (Å²) in [5.74, 6) is 1.65. The smallest absolute Gasteiger partial charge is 0.190 e. The Kier molecular flexibility index (Phi) is 9.01. The van der Waals surface area contributed by atoms with Gasteiger partial charge in [0.25, 0.3) is 0 Å². The number of hydrogen-bond donors (Lipinski definition) is 2. The molecule has 1 aromatic heterocycles. The molecule has 4 rings (SSSR count). The quantitative estimate of drug-likeness (QED) is 0.289. The third-order valence-electron chi connectivity index (χ3n) is 7.09. The number of aryl methyl sites for hydroxylation is 1. The standard InChI is InChI=1S/C31H40N4O3S/c1-8-12-28-33-29(31(6,7)36)22(5)35(28)18-23-15-16-25(24(17-23)19-38-9-2)26-13-10-11-14-27(26)39(37)34-30-20(3)21(4)32-30/h10-11,13-17,36H,8-9,12,18-19H2,1-7H3,(H,32,34). The molecule has 208 valence electrons. The van der Waals surface area contributed by atoms with Crippen LogP contribution in [-0.4, -0.2) is 31.7 Å². The molecule has 2 heterocycles. The average molecular weight is 549 g/mol. The van der Waals surface area contributed by atoms with Gasteiger partial charge in [-0.25, -0.2) is 4.98 Å². The van der Waals surface area contributed by atoms with E-state index >= 15 is 0 Å². The third-order valence-corrected chi connectivity index (χ3v) is 8.17. The maximum Gasteiger partial charge on any atom is 0.190 e. The predicted octanol–water partition coefficient (Wildman–Crippen LogP) is 5.94. The molecule has 1 aliphatic rings. The van der Waals surface area contributed by atoms with Crippen LogP contribution in [0.2, 0.25) is 0 Å². The van der Waals surface area contributed by atoms with Gasteiger partial charge in [-0.15, -0.1) is 0 Å². The summed E-state index contributed by atoms with van der Waals surface area (Å²) < 4.78 is 25.9. The van der Waals surface area contributed by atoms with Crippen molar-refractivity contribution < 1.29 is 14.4 Å². The average Bonchev–Trinajstić information content (AvgIpc) is 3.22. The Morgan fingerprint density at radius 2 is 1.85 bits per heavy atom. The van der Waals surface area contributed by atoms with Crippen molar-refractivity contribution in [2.45, 2.75) is 85.0 Å². The zero-order chi connectivity index (χ0) is 28.3. The summed E-state index contributed by atoms with van der Waals surface area (Å²) in [6, 6.07) is 14.1. The van der Waals surface area contributed by atoms with E-state index in [0.717, 1.165) is 63.6 Å². The summed E-state index contributed by atoms with van der Waals surface area (Å²) in [6.45, 7) is 15.3. The number of benzene rings is 2. The van der Waals surface area contributed by atoms with E-state index in [-0.39, 0.29) is 0 Å². The number of imidazole rings is 1. The molecule has 0 radical (unpaired) electrons. The summed E-state index contributed by atoms with van der Waals surface area (Å²) >= 11 is -1.56. The van der Waals surface area contributed by atoms with Gasteiger partial charge in [-0.2, -0.15) is 0 Å². The minimum Gasteiger partial charge on any atom is -0.586 e. The molecule has 0 fully saturated rings. The minimum atomic E-state index is -1.56. The van der Waals surface area contributed by atoms with Gasteiger partial charge >= 0.3 is 0 Å².